The summed E-state index contributed by atoms with van der Waals surface area (Å²) in [5.41, 5.74) is 2.58. The number of aryl methyl sites for hydroxylation is 1. The Labute approximate surface area is 125 Å². The van der Waals surface area contributed by atoms with Crippen molar-refractivity contribution in [2.75, 3.05) is 27.2 Å². The van der Waals surface area contributed by atoms with Crippen molar-refractivity contribution < 1.29 is 4.79 Å². The van der Waals surface area contributed by atoms with Gasteiger partial charge in [0, 0.05) is 25.3 Å². The number of benzene rings is 1. The van der Waals surface area contributed by atoms with Crippen molar-refractivity contribution in [3.8, 4) is 0 Å². The Hall–Kier alpha value is -2.14. The van der Waals surface area contributed by atoms with Gasteiger partial charge in [-0.2, -0.15) is 5.10 Å². The van der Waals surface area contributed by atoms with Crippen LogP contribution in [0.1, 0.15) is 21.6 Å². The zero-order chi connectivity index (χ0) is 15.2. The van der Waals surface area contributed by atoms with E-state index in [-0.39, 0.29) is 5.91 Å². The van der Waals surface area contributed by atoms with E-state index in [4.69, 9.17) is 0 Å². The fourth-order valence-electron chi connectivity index (χ4n) is 2.11. The number of H-pyrrole nitrogens is 1. The fourth-order valence-corrected chi connectivity index (χ4v) is 2.11. The maximum absolute atomic E-state index is 12.7. The molecule has 5 heteroatoms. The summed E-state index contributed by atoms with van der Waals surface area (Å²) in [5, 5.41) is 6.77. The molecule has 0 saturated carbocycles. The molecule has 5 nitrogen and oxygen atoms in total. The quantitative estimate of drug-likeness (QED) is 0.882. The van der Waals surface area contributed by atoms with E-state index in [9.17, 15) is 4.79 Å². The topological polar surface area (TPSA) is 52.2 Å². The van der Waals surface area contributed by atoms with E-state index < -0.39 is 0 Å². The molecule has 112 valence electrons. The number of aromatic nitrogens is 2. The minimum Gasteiger partial charge on any atom is -0.333 e. The molecule has 0 atom stereocenters. The van der Waals surface area contributed by atoms with Gasteiger partial charge in [-0.25, -0.2) is 0 Å². The number of carbonyl (C=O) groups is 1. The lowest BCUT2D eigenvalue weighted by Crippen LogP contribution is -2.36. The van der Waals surface area contributed by atoms with Crippen LogP contribution in [-0.4, -0.2) is 53.1 Å². The lowest BCUT2D eigenvalue weighted by molar-refractivity contribution is 0.0731. The van der Waals surface area contributed by atoms with Gasteiger partial charge in [0.05, 0.1) is 11.8 Å². The predicted molar refractivity (Wildman–Crippen MR) is 83.1 cm³/mol. The van der Waals surface area contributed by atoms with E-state index in [2.05, 4.69) is 15.1 Å². The van der Waals surface area contributed by atoms with Gasteiger partial charge in [-0.15, -0.1) is 0 Å². The largest absolute Gasteiger partial charge is 0.333 e. The Morgan fingerprint density at radius 3 is 2.48 bits per heavy atom. The first-order valence-electron chi connectivity index (χ1n) is 7.06. The third-order valence-electron chi connectivity index (χ3n) is 3.38. The van der Waals surface area contributed by atoms with Gasteiger partial charge in [0.25, 0.3) is 5.91 Å². The van der Waals surface area contributed by atoms with Crippen molar-refractivity contribution in [1.82, 2.24) is 20.0 Å². The molecular formula is C16H22N4O. The first-order valence-corrected chi connectivity index (χ1v) is 7.06. The smallest absolute Gasteiger partial charge is 0.257 e. The minimum atomic E-state index is 0.0203. The van der Waals surface area contributed by atoms with Crippen LogP contribution >= 0.6 is 0 Å². The van der Waals surface area contributed by atoms with Gasteiger partial charge >= 0.3 is 0 Å². The average molecular weight is 286 g/mol. The highest BCUT2D eigenvalue weighted by Crippen LogP contribution is 2.11. The second-order valence-corrected chi connectivity index (χ2v) is 5.42. The lowest BCUT2D eigenvalue weighted by Gasteiger charge is -2.24. The number of carbonyl (C=O) groups excluding carboxylic acids is 1. The second-order valence-electron chi connectivity index (χ2n) is 5.42. The third-order valence-corrected chi connectivity index (χ3v) is 3.38. The third kappa shape index (κ3) is 4.16. The van der Waals surface area contributed by atoms with Crippen molar-refractivity contribution in [3.63, 3.8) is 0 Å². The summed E-state index contributed by atoms with van der Waals surface area (Å²) in [4.78, 5) is 16.6. The molecule has 21 heavy (non-hydrogen) atoms. The Balaban J connectivity index is 2.15. The molecule has 0 aliphatic heterocycles. The highest BCUT2D eigenvalue weighted by molar-refractivity contribution is 5.95. The SMILES string of the molecule is Cc1[nH]ncc1C(=O)N(CCN(C)C)Cc1ccccc1. The van der Waals surface area contributed by atoms with Gasteiger partial charge in [0.1, 0.15) is 0 Å². The van der Waals surface area contributed by atoms with E-state index in [1.807, 2.05) is 56.3 Å². The standard InChI is InChI=1S/C16H22N4O/c1-13-15(11-17-18-13)16(21)20(10-9-19(2)3)12-14-7-5-4-6-8-14/h4-8,11H,9-10,12H2,1-3H3,(H,17,18). The van der Waals surface area contributed by atoms with Crippen LogP contribution in [-0.2, 0) is 6.54 Å². The number of rotatable bonds is 6. The molecule has 1 aromatic carbocycles. The van der Waals surface area contributed by atoms with Crippen LogP contribution in [0.3, 0.4) is 0 Å². The van der Waals surface area contributed by atoms with E-state index in [0.717, 1.165) is 17.8 Å². The molecule has 1 heterocycles. The van der Waals surface area contributed by atoms with Gasteiger partial charge in [0.2, 0.25) is 0 Å². The molecule has 0 radical (unpaired) electrons. The van der Waals surface area contributed by atoms with E-state index >= 15 is 0 Å². The number of nitrogens with zero attached hydrogens (tertiary/aromatic N) is 3. The second kappa shape index (κ2) is 7.04. The van der Waals surface area contributed by atoms with Gasteiger partial charge in [0.15, 0.2) is 0 Å². The summed E-state index contributed by atoms with van der Waals surface area (Å²) >= 11 is 0. The van der Waals surface area contributed by atoms with Crippen LogP contribution in [0.25, 0.3) is 0 Å². The van der Waals surface area contributed by atoms with E-state index in [1.165, 1.54) is 0 Å². The summed E-state index contributed by atoms with van der Waals surface area (Å²) in [6.07, 6.45) is 1.60. The molecule has 1 amide bonds. The number of likely N-dealkylation sites (N-methyl/N-ethyl adjacent to an activating group) is 1. The lowest BCUT2D eigenvalue weighted by atomic mass is 10.1. The number of hydrogen-bond donors (Lipinski definition) is 1. The Morgan fingerprint density at radius 1 is 1.19 bits per heavy atom. The molecule has 0 saturated heterocycles. The first kappa shape index (κ1) is 15.3. The zero-order valence-electron chi connectivity index (χ0n) is 12.8. The monoisotopic (exact) mass is 286 g/mol. The summed E-state index contributed by atoms with van der Waals surface area (Å²) in [7, 11) is 4.02. The Morgan fingerprint density at radius 2 is 1.90 bits per heavy atom. The highest BCUT2D eigenvalue weighted by atomic mass is 16.2. The highest BCUT2D eigenvalue weighted by Gasteiger charge is 2.19. The van der Waals surface area contributed by atoms with Crippen molar-refractivity contribution >= 4 is 5.91 Å². The average Bonchev–Trinajstić information content (AvgIpc) is 2.90. The Bertz CT molecular complexity index is 577. The van der Waals surface area contributed by atoms with Gasteiger partial charge in [-0.05, 0) is 26.6 Å². The molecular weight excluding hydrogens is 264 g/mol. The molecule has 1 N–H and O–H groups in total. The molecule has 2 aromatic rings. The molecule has 2 rings (SSSR count). The van der Waals surface area contributed by atoms with Gasteiger partial charge < -0.3 is 9.80 Å². The maximum atomic E-state index is 12.7. The van der Waals surface area contributed by atoms with Crippen molar-refractivity contribution in [1.29, 1.82) is 0 Å². The summed E-state index contributed by atoms with van der Waals surface area (Å²) < 4.78 is 0. The first-order chi connectivity index (χ1) is 10.1. The summed E-state index contributed by atoms with van der Waals surface area (Å²) in [6, 6.07) is 10.0. The van der Waals surface area contributed by atoms with Crippen LogP contribution in [0.5, 0.6) is 0 Å². The molecule has 0 bridgehead atoms. The molecule has 0 aliphatic rings. The van der Waals surface area contributed by atoms with Gasteiger partial charge in [-0.1, -0.05) is 30.3 Å². The summed E-state index contributed by atoms with van der Waals surface area (Å²) in [5.74, 6) is 0.0203. The summed E-state index contributed by atoms with van der Waals surface area (Å²) in [6.45, 7) is 3.99. The van der Waals surface area contributed by atoms with Crippen molar-refractivity contribution in [2.45, 2.75) is 13.5 Å². The van der Waals surface area contributed by atoms with E-state index in [0.29, 0.717) is 18.7 Å². The van der Waals surface area contributed by atoms with Crippen molar-refractivity contribution in [2.24, 2.45) is 0 Å². The molecule has 0 unspecified atom stereocenters. The van der Waals surface area contributed by atoms with Crippen LogP contribution in [0.15, 0.2) is 36.5 Å². The maximum Gasteiger partial charge on any atom is 0.257 e. The molecule has 1 aromatic heterocycles. The van der Waals surface area contributed by atoms with Crippen LogP contribution in [0.2, 0.25) is 0 Å². The molecule has 0 aliphatic carbocycles. The van der Waals surface area contributed by atoms with Gasteiger partial charge in [-0.3, -0.25) is 9.89 Å². The zero-order valence-corrected chi connectivity index (χ0v) is 12.8. The minimum absolute atomic E-state index is 0.0203. The number of aromatic amines is 1. The number of nitrogens with one attached hydrogen (secondary N) is 1. The van der Waals surface area contributed by atoms with Crippen LogP contribution in [0, 0.1) is 6.92 Å². The fraction of sp³-hybridized carbons (Fsp3) is 0.375. The number of amides is 1. The normalized spacial score (nSPS) is 10.9. The van der Waals surface area contributed by atoms with Crippen LogP contribution < -0.4 is 0 Å². The predicted octanol–water partition coefficient (Wildman–Crippen LogP) is 1.92. The number of hydrogen-bond acceptors (Lipinski definition) is 3. The molecule has 0 spiro atoms. The molecule has 0 fully saturated rings. The van der Waals surface area contributed by atoms with E-state index in [1.54, 1.807) is 6.20 Å². The Kier molecular flexibility index (Phi) is 5.11. The van der Waals surface area contributed by atoms with Crippen LogP contribution in [0.4, 0.5) is 0 Å². The van der Waals surface area contributed by atoms with Crippen molar-refractivity contribution in [3.05, 3.63) is 53.3 Å².